The third kappa shape index (κ3) is 3.69. The van der Waals surface area contributed by atoms with Crippen LogP contribution in [0.1, 0.15) is 41.5 Å². The quantitative estimate of drug-likeness (QED) is 0.639. The highest BCUT2D eigenvalue weighted by Crippen LogP contribution is 2.21. The van der Waals surface area contributed by atoms with E-state index in [0.29, 0.717) is 5.69 Å². The lowest BCUT2D eigenvalue weighted by Crippen LogP contribution is -2.27. The van der Waals surface area contributed by atoms with Crippen LogP contribution in [0.2, 0.25) is 0 Å². The lowest BCUT2D eigenvalue weighted by atomic mass is 10.0. The zero-order chi connectivity index (χ0) is 12.1. The van der Waals surface area contributed by atoms with Crippen LogP contribution in [0.5, 0.6) is 0 Å². The molecule has 0 radical (unpaired) electrons. The Morgan fingerprint density at radius 2 is 2.39 bits per heavy atom. The number of piperidine rings is 1. The number of aliphatic hydroxyl groups excluding tert-OH is 1. The van der Waals surface area contributed by atoms with Crippen LogP contribution in [0.4, 0.5) is 0 Å². The minimum Gasteiger partial charge on any atom is -0.395 e. The van der Waals surface area contributed by atoms with Crippen LogP contribution >= 0.6 is 12.4 Å². The topological polar surface area (TPSA) is 90.0 Å². The molecular formula is C11H19ClN4O2. The Kier molecular flexibility index (Phi) is 6.11. The van der Waals surface area contributed by atoms with Crippen LogP contribution in [0, 0.1) is 0 Å². The van der Waals surface area contributed by atoms with Crippen molar-refractivity contribution in [1.29, 1.82) is 0 Å². The Bertz CT molecular complexity index is 377. The minimum atomic E-state index is -0.252. The maximum atomic E-state index is 11.6. The molecule has 1 aromatic heterocycles. The number of aromatic amines is 1. The molecule has 0 bridgehead atoms. The summed E-state index contributed by atoms with van der Waals surface area (Å²) in [5.41, 5.74) is 1.33. The van der Waals surface area contributed by atoms with Crippen molar-refractivity contribution in [2.24, 2.45) is 0 Å². The predicted octanol–water partition coefficient (Wildman–Crippen LogP) is 0.368. The standard InChI is InChI=1S/C11H18N4O2.ClH/c16-6-5-13-11(17)10-7-9(14-15-10)8-3-1-2-4-12-8;/h7-8,12,16H,1-6H2,(H,13,17)(H,14,15);1H. The average molecular weight is 275 g/mol. The third-order valence-electron chi connectivity index (χ3n) is 2.91. The first kappa shape index (κ1) is 14.9. The molecule has 0 aromatic carbocycles. The van der Waals surface area contributed by atoms with Crippen molar-refractivity contribution in [3.8, 4) is 0 Å². The maximum Gasteiger partial charge on any atom is 0.271 e. The first-order valence-electron chi connectivity index (χ1n) is 5.99. The second kappa shape index (κ2) is 7.35. The Morgan fingerprint density at radius 3 is 3.06 bits per heavy atom. The molecule has 1 amide bonds. The number of carbonyl (C=O) groups excluding carboxylic acids is 1. The number of H-pyrrole nitrogens is 1. The van der Waals surface area contributed by atoms with Gasteiger partial charge in [-0.1, -0.05) is 6.42 Å². The second-order valence-electron chi connectivity index (χ2n) is 4.19. The van der Waals surface area contributed by atoms with E-state index in [2.05, 4.69) is 20.8 Å². The molecule has 1 aliphatic rings. The molecule has 0 saturated carbocycles. The third-order valence-corrected chi connectivity index (χ3v) is 2.91. The number of nitrogens with zero attached hydrogens (tertiary/aromatic N) is 1. The van der Waals surface area contributed by atoms with E-state index >= 15 is 0 Å². The molecule has 1 aliphatic heterocycles. The van der Waals surface area contributed by atoms with E-state index in [-0.39, 0.29) is 37.5 Å². The minimum absolute atomic E-state index is 0. The highest BCUT2D eigenvalue weighted by Gasteiger charge is 2.18. The predicted molar refractivity (Wildman–Crippen MR) is 69.8 cm³/mol. The molecule has 0 spiro atoms. The molecule has 1 atom stereocenters. The van der Waals surface area contributed by atoms with Crippen LogP contribution in [0.15, 0.2) is 6.07 Å². The van der Waals surface area contributed by atoms with Gasteiger partial charge in [0.05, 0.1) is 12.3 Å². The van der Waals surface area contributed by atoms with Gasteiger partial charge in [0.25, 0.3) is 5.91 Å². The Balaban J connectivity index is 0.00000162. The van der Waals surface area contributed by atoms with Crippen LogP contribution < -0.4 is 10.6 Å². The van der Waals surface area contributed by atoms with Gasteiger partial charge in [0, 0.05) is 12.6 Å². The zero-order valence-corrected chi connectivity index (χ0v) is 10.9. The maximum absolute atomic E-state index is 11.6. The molecule has 1 saturated heterocycles. The first-order chi connectivity index (χ1) is 8.31. The number of nitrogens with one attached hydrogen (secondary N) is 3. The van der Waals surface area contributed by atoms with Crippen LogP contribution in [-0.2, 0) is 0 Å². The molecule has 4 N–H and O–H groups in total. The van der Waals surface area contributed by atoms with Gasteiger partial charge in [-0.25, -0.2) is 0 Å². The molecule has 2 heterocycles. The Labute approximate surface area is 112 Å². The molecule has 1 aromatic rings. The number of aliphatic hydroxyl groups is 1. The van der Waals surface area contributed by atoms with E-state index in [1.165, 1.54) is 12.8 Å². The summed E-state index contributed by atoms with van der Waals surface area (Å²) in [4.78, 5) is 11.6. The first-order valence-corrected chi connectivity index (χ1v) is 5.99. The molecule has 6 nitrogen and oxygen atoms in total. The van der Waals surface area contributed by atoms with Gasteiger partial charge in [-0.15, -0.1) is 12.4 Å². The smallest absolute Gasteiger partial charge is 0.271 e. The fraction of sp³-hybridized carbons (Fsp3) is 0.636. The van der Waals surface area contributed by atoms with Gasteiger partial charge < -0.3 is 15.7 Å². The summed E-state index contributed by atoms with van der Waals surface area (Å²) in [6.07, 6.45) is 3.47. The monoisotopic (exact) mass is 274 g/mol. The normalized spacial score (nSPS) is 19.1. The largest absolute Gasteiger partial charge is 0.395 e. The molecule has 1 unspecified atom stereocenters. The van der Waals surface area contributed by atoms with Crippen LogP contribution in [0.25, 0.3) is 0 Å². The van der Waals surface area contributed by atoms with Crippen molar-refractivity contribution in [3.05, 3.63) is 17.5 Å². The van der Waals surface area contributed by atoms with E-state index in [4.69, 9.17) is 5.11 Å². The van der Waals surface area contributed by atoms with Gasteiger partial charge in [0.1, 0.15) is 5.69 Å². The number of halogens is 1. The lowest BCUT2D eigenvalue weighted by molar-refractivity contribution is 0.0940. The molecule has 0 aliphatic carbocycles. The number of hydrogen-bond donors (Lipinski definition) is 4. The van der Waals surface area contributed by atoms with Crippen molar-refractivity contribution in [1.82, 2.24) is 20.8 Å². The molecule has 2 rings (SSSR count). The van der Waals surface area contributed by atoms with Crippen molar-refractivity contribution in [2.75, 3.05) is 19.7 Å². The van der Waals surface area contributed by atoms with E-state index in [1.807, 2.05) is 0 Å². The van der Waals surface area contributed by atoms with E-state index < -0.39 is 0 Å². The van der Waals surface area contributed by atoms with Crippen molar-refractivity contribution >= 4 is 18.3 Å². The van der Waals surface area contributed by atoms with Gasteiger partial charge >= 0.3 is 0 Å². The van der Waals surface area contributed by atoms with Crippen molar-refractivity contribution in [2.45, 2.75) is 25.3 Å². The summed E-state index contributed by atoms with van der Waals surface area (Å²) in [7, 11) is 0. The highest BCUT2D eigenvalue weighted by molar-refractivity contribution is 5.92. The number of hydrogen-bond acceptors (Lipinski definition) is 4. The summed E-state index contributed by atoms with van der Waals surface area (Å²) in [6.45, 7) is 1.20. The van der Waals surface area contributed by atoms with E-state index in [9.17, 15) is 4.79 Å². The molecule has 18 heavy (non-hydrogen) atoms. The summed E-state index contributed by atoms with van der Waals surface area (Å²) in [5.74, 6) is -0.252. The second-order valence-corrected chi connectivity index (χ2v) is 4.19. The molecule has 102 valence electrons. The van der Waals surface area contributed by atoms with Crippen molar-refractivity contribution in [3.63, 3.8) is 0 Å². The highest BCUT2D eigenvalue weighted by atomic mass is 35.5. The SMILES string of the molecule is Cl.O=C(NCCO)c1cc(C2CCCCN2)[nH]n1. The summed E-state index contributed by atoms with van der Waals surface area (Å²) in [6, 6.07) is 2.05. The molecular weight excluding hydrogens is 256 g/mol. The van der Waals surface area contributed by atoms with E-state index in [0.717, 1.165) is 18.7 Å². The zero-order valence-electron chi connectivity index (χ0n) is 10.1. The molecule has 7 heteroatoms. The number of amides is 1. The van der Waals surface area contributed by atoms with Crippen LogP contribution in [-0.4, -0.2) is 40.9 Å². The fourth-order valence-electron chi connectivity index (χ4n) is 2.01. The Hall–Kier alpha value is -1.11. The summed E-state index contributed by atoms with van der Waals surface area (Å²) in [5, 5.41) is 21.5. The van der Waals surface area contributed by atoms with Gasteiger partial charge in [0.2, 0.25) is 0 Å². The van der Waals surface area contributed by atoms with E-state index in [1.54, 1.807) is 6.07 Å². The van der Waals surface area contributed by atoms with Crippen LogP contribution in [0.3, 0.4) is 0 Å². The van der Waals surface area contributed by atoms with Gasteiger partial charge in [-0.3, -0.25) is 9.89 Å². The average Bonchev–Trinajstić information content (AvgIpc) is 2.86. The number of aromatic nitrogens is 2. The number of carbonyl (C=O) groups is 1. The fourth-order valence-corrected chi connectivity index (χ4v) is 2.01. The summed E-state index contributed by atoms with van der Waals surface area (Å²) >= 11 is 0. The van der Waals surface area contributed by atoms with Gasteiger partial charge in [-0.05, 0) is 25.5 Å². The molecule has 1 fully saturated rings. The summed E-state index contributed by atoms with van der Waals surface area (Å²) < 4.78 is 0. The van der Waals surface area contributed by atoms with Gasteiger partial charge in [-0.2, -0.15) is 5.10 Å². The lowest BCUT2D eigenvalue weighted by Gasteiger charge is -2.21. The number of rotatable bonds is 4. The van der Waals surface area contributed by atoms with Crippen molar-refractivity contribution < 1.29 is 9.90 Å². The Morgan fingerprint density at radius 1 is 1.56 bits per heavy atom. The van der Waals surface area contributed by atoms with Gasteiger partial charge in [0.15, 0.2) is 0 Å².